The van der Waals surface area contributed by atoms with E-state index in [-0.39, 0.29) is 48.5 Å². The molecule has 6 N–H and O–H groups in total. The molecule has 8 aromatic heterocycles. The maximum absolute atomic E-state index is 12.4. The van der Waals surface area contributed by atoms with Gasteiger partial charge in [0.05, 0.1) is 36.8 Å². The second-order valence-electron chi connectivity index (χ2n) is 34.6. The van der Waals surface area contributed by atoms with Gasteiger partial charge in [-0.25, -0.2) is 34.9 Å². The molecule has 17 aromatic rings. The van der Waals surface area contributed by atoms with Gasteiger partial charge in [-0.3, -0.25) is 33.8 Å². The molecule has 25 nitrogen and oxygen atoms in total. The molecule has 9 aromatic carbocycles. The minimum Gasteiger partial charge on any atom is -0.334 e. The van der Waals surface area contributed by atoms with Crippen LogP contribution in [0.15, 0.2) is 359 Å². The Morgan fingerprint density at radius 2 is 0.807 bits per heavy atom. The van der Waals surface area contributed by atoms with Gasteiger partial charge >= 0.3 is 0 Å². The molecular formula is C114H113N19O6S. The minimum atomic E-state index is -0.149. The number of hydrogen-bond donors (Lipinski definition) is 6. The van der Waals surface area contributed by atoms with E-state index in [0.29, 0.717) is 36.8 Å². The third-order valence-electron chi connectivity index (χ3n) is 24.3. The number of carbonyl (C=O) groups is 6. The molecule has 1 fully saturated rings. The van der Waals surface area contributed by atoms with Crippen LogP contribution in [0.3, 0.4) is 0 Å². The first-order valence-corrected chi connectivity index (χ1v) is 48.5. The Morgan fingerprint density at radius 3 is 1.29 bits per heavy atom. The van der Waals surface area contributed by atoms with E-state index in [1.54, 1.807) is 66.9 Å². The van der Waals surface area contributed by atoms with Crippen molar-refractivity contribution in [3.05, 3.63) is 405 Å². The third kappa shape index (κ3) is 28.4. The van der Waals surface area contributed by atoms with Crippen LogP contribution in [0.2, 0.25) is 0 Å². The van der Waals surface area contributed by atoms with E-state index < -0.39 is 0 Å². The summed E-state index contributed by atoms with van der Waals surface area (Å²) in [6, 6.07) is 93.8. The smallest absolute Gasteiger partial charge is 0.275 e. The summed E-state index contributed by atoms with van der Waals surface area (Å²) in [6.07, 6.45) is 36.9. The van der Waals surface area contributed by atoms with Crippen molar-refractivity contribution in [2.75, 3.05) is 31.9 Å². The standard InChI is InChI=1S/C21H22N4O.C21H21N3O.C20H19N3O.C18H17N3O.C18H15N3O.C16H19N3OS/c1-15-17(16-7-3-2-4-8-16)11-12-20(23-15)24-21(26)13-25-14-22-18-9-5-6-10-19(18)25;25-21(14-24-15-22-19-8-4-5-9-20(19)24)23-18-12-10-17(11-13-18)16-6-2-1-3-7-16;24-20(18-14-23-13-5-4-8-19(23)22-18)21-17-11-9-16(10-12-17)15-6-2-1-3-7-15;1-14-19-11-12-21(14)13-18(22)20-17-9-7-16(8-10-17)15-5-3-2-4-6-15;22-18(12-14-8-10-19-11-9-14)21-17-7-6-16(13-20-17)15-4-2-1-3-5-15;20-16(11-19-10-9-17-12-19)18-13-5-7-15(8-6-13)21-14-3-1-2-4-14/h2-4,7-8,11-12,14H,5-6,9-10,13H2,1H3,(H,23,24,26);1-3,6-7,10-13,15H,4-5,8-9,14H2,(H,23,25);1-3,6-7,9-12,14H,4-5,8,13H2,(H,21,24);2-12H,13H2,1H3,(H,20,22);1-11,13H,12H2,(H,20,21,22);5-10,12,14H,1-4,11H2,(H,18,20). The lowest BCUT2D eigenvalue weighted by molar-refractivity contribution is -0.117. The molecule has 0 bridgehead atoms. The van der Waals surface area contributed by atoms with Crippen molar-refractivity contribution >= 4 is 81.6 Å². The van der Waals surface area contributed by atoms with Gasteiger partial charge in [0, 0.05) is 124 Å². The summed E-state index contributed by atoms with van der Waals surface area (Å²) in [5.74, 6) is 2.56. The molecule has 26 heteroatoms. The number of pyridine rings is 3. The van der Waals surface area contributed by atoms with Gasteiger partial charge in [0.2, 0.25) is 29.5 Å². The number of nitrogens with zero attached hydrogens (tertiary/aromatic N) is 13. The van der Waals surface area contributed by atoms with Crippen molar-refractivity contribution in [3.63, 3.8) is 0 Å². The molecule has 0 unspecified atom stereocenters. The largest absolute Gasteiger partial charge is 0.334 e. The maximum atomic E-state index is 12.4. The quantitative estimate of drug-likeness (QED) is 0.0328. The average Bonchev–Trinajstić information content (AvgIpc) is 1.61. The lowest BCUT2D eigenvalue weighted by Crippen LogP contribution is -2.21. The van der Waals surface area contributed by atoms with E-state index in [1.807, 2.05) is 270 Å². The molecule has 1 aliphatic heterocycles. The number of imidazole rings is 5. The topological polar surface area (TPSA) is 302 Å². The van der Waals surface area contributed by atoms with Gasteiger partial charge < -0.3 is 54.7 Å². The summed E-state index contributed by atoms with van der Waals surface area (Å²) in [7, 11) is 0. The number of carbonyl (C=O) groups excluding carboxylic acids is 6. The fourth-order valence-electron chi connectivity index (χ4n) is 17.1. The highest BCUT2D eigenvalue weighted by molar-refractivity contribution is 8.00. The maximum Gasteiger partial charge on any atom is 0.275 e. The highest BCUT2D eigenvalue weighted by atomic mass is 32.2. The molecule has 9 heterocycles. The van der Waals surface area contributed by atoms with Crippen LogP contribution in [0.5, 0.6) is 0 Å². The highest BCUT2D eigenvalue weighted by Gasteiger charge is 2.23. The van der Waals surface area contributed by atoms with Crippen molar-refractivity contribution in [1.82, 2.24) is 62.7 Å². The number of hydrogen-bond acceptors (Lipinski definition) is 15. The zero-order chi connectivity index (χ0) is 96.4. The van der Waals surface area contributed by atoms with Gasteiger partial charge in [-0.05, 0) is 238 Å². The lowest BCUT2D eigenvalue weighted by Gasteiger charge is -2.14. The van der Waals surface area contributed by atoms with E-state index in [1.165, 1.54) is 73.2 Å². The predicted molar refractivity (Wildman–Crippen MR) is 555 cm³/mol. The van der Waals surface area contributed by atoms with Crippen molar-refractivity contribution < 1.29 is 28.8 Å². The predicted octanol–water partition coefficient (Wildman–Crippen LogP) is 22.4. The van der Waals surface area contributed by atoms with Crippen molar-refractivity contribution in [2.45, 2.75) is 159 Å². The number of anilines is 6. The number of aromatic nitrogens is 13. The first-order valence-electron chi connectivity index (χ1n) is 47.6. The first-order chi connectivity index (χ1) is 68.6. The molecule has 0 spiro atoms. The Morgan fingerprint density at radius 1 is 0.357 bits per heavy atom. The van der Waals surface area contributed by atoms with Crippen LogP contribution in [0.4, 0.5) is 34.4 Å². The summed E-state index contributed by atoms with van der Waals surface area (Å²) < 4.78 is 9.61. The second kappa shape index (κ2) is 49.4. The van der Waals surface area contributed by atoms with E-state index in [9.17, 15) is 28.8 Å². The fraction of sp³-hybridized carbons (Fsp3) is 0.211. The van der Waals surface area contributed by atoms with Crippen molar-refractivity contribution in [2.24, 2.45) is 0 Å². The van der Waals surface area contributed by atoms with Gasteiger partial charge in [0.25, 0.3) is 5.91 Å². The van der Waals surface area contributed by atoms with Gasteiger partial charge in [0.1, 0.15) is 55.2 Å². The summed E-state index contributed by atoms with van der Waals surface area (Å²) in [4.78, 5) is 109. The number of fused-ring (bicyclic) bond motifs is 3. The zero-order valence-corrected chi connectivity index (χ0v) is 79.4. The Bertz CT molecular complexity index is 6840. The third-order valence-corrected chi connectivity index (χ3v) is 25.7. The molecule has 3 aliphatic carbocycles. The molecule has 21 rings (SSSR count). The molecule has 6 amide bonds. The summed E-state index contributed by atoms with van der Waals surface area (Å²) in [5.41, 5.74) is 21.5. The van der Waals surface area contributed by atoms with Crippen LogP contribution in [-0.2, 0) is 95.2 Å². The SMILES string of the molecule is Cc1nc(NC(=O)Cn2cnc3c2CCCC3)ccc1-c1ccccc1.Cc1nccn1CC(=O)Nc1ccc(-c2ccccc2)cc1.O=C(Cc1ccncc1)Nc1ccc(-c2ccccc2)cn1.O=C(Cn1ccnc1)Nc1ccc(SC2CCCC2)cc1.O=C(Cn1cnc2c1CCCC2)Nc1ccc(-c2ccccc2)cc1.O=C(Nc1ccc(-c2ccccc2)cc1)c1cn2c(n1)CCCC2. The lowest BCUT2D eigenvalue weighted by atomic mass is 10.0. The summed E-state index contributed by atoms with van der Waals surface area (Å²) >= 11 is 1.96. The molecule has 0 radical (unpaired) electrons. The zero-order valence-electron chi connectivity index (χ0n) is 78.6. The van der Waals surface area contributed by atoms with Crippen molar-refractivity contribution in [1.29, 1.82) is 0 Å². The number of benzene rings is 9. The van der Waals surface area contributed by atoms with Gasteiger partial charge in [-0.2, -0.15) is 0 Å². The molecule has 0 saturated heterocycles. The number of thioether (sulfide) groups is 1. The van der Waals surface area contributed by atoms with Crippen LogP contribution in [-0.4, -0.2) is 103 Å². The minimum absolute atomic E-state index is 0.0155. The van der Waals surface area contributed by atoms with E-state index in [4.69, 9.17) is 0 Å². The van der Waals surface area contributed by atoms with E-state index >= 15 is 0 Å². The monoisotopic (exact) mass is 1880 g/mol. The summed E-state index contributed by atoms with van der Waals surface area (Å²) in [6.45, 7) is 5.96. The van der Waals surface area contributed by atoms with Gasteiger partial charge in [0.15, 0.2) is 0 Å². The Balaban J connectivity index is 0.000000121. The van der Waals surface area contributed by atoms with E-state index in [2.05, 4.69) is 137 Å². The molecule has 0 atom stereocenters. The van der Waals surface area contributed by atoms with Crippen LogP contribution in [0.25, 0.3) is 55.6 Å². The molecule has 1 saturated carbocycles. The Kier molecular flexibility index (Phi) is 34.2. The van der Waals surface area contributed by atoms with Crippen LogP contribution in [0.1, 0.15) is 120 Å². The van der Waals surface area contributed by atoms with E-state index in [0.717, 1.165) is 164 Å². The second-order valence-corrected chi connectivity index (χ2v) is 35.9. The average molecular weight is 1880 g/mol. The van der Waals surface area contributed by atoms with Crippen LogP contribution >= 0.6 is 11.8 Å². The Hall–Kier alpha value is -16.4. The molecular weight excluding hydrogens is 1760 g/mol. The number of nitrogens with one attached hydrogen (secondary N) is 6. The first kappa shape index (κ1) is 96.8. The highest BCUT2D eigenvalue weighted by Crippen LogP contribution is 2.36. The molecule has 4 aliphatic rings. The fourth-order valence-corrected chi connectivity index (χ4v) is 18.3. The molecule has 140 heavy (non-hydrogen) atoms. The summed E-state index contributed by atoms with van der Waals surface area (Å²) in [5, 5.41) is 18.2. The number of aryl methyl sites for hydroxylation is 6. The normalized spacial score (nSPS) is 12.6. The Labute approximate surface area is 820 Å². The van der Waals surface area contributed by atoms with Crippen LogP contribution in [0, 0.1) is 13.8 Å². The number of amides is 6. The van der Waals surface area contributed by atoms with Gasteiger partial charge in [-0.15, -0.1) is 11.8 Å². The number of rotatable bonds is 24. The van der Waals surface area contributed by atoms with Crippen molar-refractivity contribution in [3.8, 4) is 55.6 Å². The van der Waals surface area contributed by atoms with Crippen LogP contribution < -0.4 is 31.9 Å². The molecule has 706 valence electrons. The van der Waals surface area contributed by atoms with Gasteiger partial charge in [-0.1, -0.05) is 201 Å².